The number of likely N-dealkylation sites (tertiary alicyclic amines) is 1. The van der Waals surface area contributed by atoms with Gasteiger partial charge in [0.2, 0.25) is 0 Å². The minimum Gasteiger partial charge on any atom is -0.335 e. The summed E-state index contributed by atoms with van der Waals surface area (Å²) in [5, 5.41) is 0. The van der Waals surface area contributed by atoms with Crippen molar-refractivity contribution in [1.29, 1.82) is 0 Å². The van der Waals surface area contributed by atoms with E-state index in [1.165, 1.54) is 6.20 Å². The molecule has 4 rings (SSSR count). The van der Waals surface area contributed by atoms with E-state index >= 15 is 0 Å². The molecule has 4 heterocycles. The van der Waals surface area contributed by atoms with Crippen molar-refractivity contribution in [3.63, 3.8) is 0 Å². The van der Waals surface area contributed by atoms with Gasteiger partial charge in [-0.1, -0.05) is 0 Å². The zero-order chi connectivity index (χ0) is 17.6. The van der Waals surface area contributed by atoms with Crippen molar-refractivity contribution in [2.24, 2.45) is 7.05 Å². The van der Waals surface area contributed by atoms with Gasteiger partial charge in [-0.15, -0.1) is 0 Å². The highest BCUT2D eigenvalue weighted by Crippen LogP contribution is 2.24. The van der Waals surface area contributed by atoms with Crippen LogP contribution >= 0.6 is 0 Å². The predicted octanol–water partition coefficient (Wildman–Crippen LogP) is 0.921. The molecule has 1 fully saturated rings. The number of aromatic nitrogens is 5. The number of carbonyl (C=O) groups excluding carboxylic acids is 1. The van der Waals surface area contributed by atoms with E-state index in [2.05, 4.69) is 15.0 Å². The molecule has 0 N–H and O–H groups in total. The molecule has 1 atom stereocenters. The van der Waals surface area contributed by atoms with E-state index in [0.29, 0.717) is 30.9 Å². The van der Waals surface area contributed by atoms with Crippen LogP contribution in [0.4, 0.5) is 0 Å². The highest BCUT2D eigenvalue weighted by atomic mass is 16.2. The van der Waals surface area contributed by atoms with Gasteiger partial charge in [0, 0.05) is 32.5 Å². The Bertz CT molecular complexity index is 1000. The van der Waals surface area contributed by atoms with Gasteiger partial charge in [-0.25, -0.2) is 14.8 Å². The quantitative estimate of drug-likeness (QED) is 0.693. The molecular weight excluding hydrogens is 320 g/mol. The van der Waals surface area contributed by atoms with Crippen LogP contribution in [-0.4, -0.2) is 48.0 Å². The standard InChI is InChI=1S/C17H18N6O2/c1-11-8-20-13(9-19-11)16(24)22-7-5-12(10-22)23-15-14(4-3-6-18-15)21(2)17(23)25/h3-4,6,8-9,12H,5,7,10H2,1-2H3/t12-/m1/s1. The van der Waals surface area contributed by atoms with Gasteiger partial charge in [0.25, 0.3) is 5.91 Å². The molecule has 0 aliphatic carbocycles. The minimum atomic E-state index is -0.156. The number of aryl methyl sites for hydroxylation is 2. The lowest BCUT2D eigenvalue weighted by atomic mass is 10.2. The second kappa shape index (κ2) is 5.80. The molecule has 3 aromatic heterocycles. The summed E-state index contributed by atoms with van der Waals surface area (Å²) in [7, 11) is 1.74. The molecule has 1 aliphatic rings. The van der Waals surface area contributed by atoms with E-state index in [1.54, 1.807) is 33.5 Å². The monoisotopic (exact) mass is 338 g/mol. The van der Waals surface area contributed by atoms with Gasteiger partial charge in [-0.3, -0.25) is 18.9 Å². The fraction of sp³-hybridized carbons (Fsp3) is 0.353. The van der Waals surface area contributed by atoms with Crippen molar-refractivity contribution in [3.05, 3.63) is 52.6 Å². The molecule has 0 unspecified atom stereocenters. The topological polar surface area (TPSA) is 85.9 Å². The molecule has 3 aromatic rings. The third kappa shape index (κ3) is 2.50. The molecule has 128 valence electrons. The van der Waals surface area contributed by atoms with Crippen molar-refractivity contribution >= 4 is 17.1 Å². The number of hydrogen-bond acceptors (Lipinski definition) is 5. The van der Waals surface area contributed by atoms with Crippen LogP contribution in [0.2, 0.25) is 0 Å². The number of fused-ring (bicyclic) bond motifs is 1. The van der Waals surface area contributed by atoms with Gasteiger partial charge in [-0.2, -0.15) is 0 Å². The van der Waals surface area contributed by atoms with E-state index in [1.807, 2.05) is 19.1 Å². The van der Waals surface area contributed by atoms with E-state index < -0.39 is 0 Å². The van der Waals surface area contributed by atoms with Crippen molar-refractivity contribution in [2.45, 2.75) is 19.4 Å². The van der Waals surface area contributed by atoms with Gasteiger partial charge in [0.1, 0.15) is 5.69 Å². The molecule has 0 radical (unpaired) electrons. The highest BCUT2D eigenvalue weighted by Gasteiger charge is 2.31. The Labute approximate surface area is 143 Å². The van der Waals surface area contributed by atoms with Crippen LogP contribution in [0.15, 0.2) is 35.5 Å². The summed E-state index contributed by atoms with van der Waals surface area (Å²) in [5.41, 5.74) is 2.44. The number of amides is 1. The lowest BCUT2D eigenvalue weighted by Gasteiger charge is -2.16. The van der Waals surface area contributed by atoms with Crippen LogP contribution in [0.3, 0.4) is 0 Å². The fourth-order valence-corrected chi connectivity index (χ4v) is 3.32. The molecule has 1 amide bonds. The fourth-order valence-electron chi connectivity index (χ4n) is 3.32. The summed E-state index contributed by atoms with van der Waals surface area (Å²) in [6, 6.07) is 3.60. The molecule has 0 saturated carbocycles. The van der Waals surface area contributed by atoms with E-state index in [9.17, 15) is 9.59 Å². The Kier molecular flexibility index (Phi) is 3.60. The summed E-state index contributed by atoms with van der Waals surface area (Å²) >= 11 is 0. The third-order valence-electron chi connectivity index (χ3n) is 4.66. The summed E-state index contributed by atoms with van der Waals surface area (Å²) in [6.07, 6.45) is 5.47. The zero-order valence-electron chi connectivity index (χ0n) is 14.1. The summed E-state index contributed by atoms with van der Waals surface area (Å²) < 4.78 is 3.29. The van der Waals surface area contributed by atoms with Crippen LogP contribution in [0.25, 0.3) is 11.2 Å². The van der Waals surface area contributed by atoms with E-state index in [4.69, 9.17) is 0 Å². The van der Waals surface area contributed by atoms with Crippen molar-refractivity contribution in [2.75, 3.05) is 13.1 Å². The smallest absolute Gasteiger partial charge is 0.330 e. The number of hydrogen-bond donors (Lipinski definition) is 0. The van der Waals surface area contributed by atoms with Crippen molar-refractivity contribution in [1.82, 2.24) is 29.0 Å². The van der Waals surface area contributed by atoms with Crippen LogP contribution in [0.1, 0.15) is 28.6 Å². The Balaban J connectivity index is 1.63. The van der Waals surface area contributed by atoms with Gasteiger partial charge < -0.3 is 4.90 Å². The average Bonchev–Trinajstić information content (AvgIpc) is 3.19. The van der Waals surface area contributed by atoms with Crippen LogP contribution in [-0.2, 0) is 7.05 Å². The second-order valence-electron chi connectivity index (χ2n) is 6.29. The molecule has 8 heteroatoms. The SMILES string of the molecule is Cc1cnc(C(=O)N2CC[C@@H](n3c(=O)n(C)c4cccnc43)C2)cn1. The predicted molar refractivity (Wildman–Crippen MR) is 91.3 cm³/mol. The lowest BCUT2D eigenvalue weighted by molar-refractivity contribution is 0.0781. The Hall–Kier alpha value is -3.03. The molecular formula is C17H18N6O2. The number of nitrogens with zero attached hydrogens (tertiary/aromatic N) is 6. The Morgan fingerprint density at radius 1 is 1.24 bits per heavy atom. The third-order valence-corrected chi connectivity index (χ3v) is 4.66. The maximum absolute atomic E-state index is 12.6. The second-order valence-corrected chi connectivity index (χ2v) is 6.29. The molecule has 0 bridgehead atoms. The van der Waals surface area contributed by atoms with Crippen molar-refractivity contribution in [3.8, 4) is 0 Å². The zero-order valence-corrected chi connectivity index (χ0v) is 14.1. The summed E-state index contributed by atoms with van der Waals surface area (Å²) in [4.78, 5) is 39.6. The number of carbonyl (C=O) groups is 1. The Morgan fingerprint density at radius 3 is 2.84 bits per heavy atom. The first-order chi connectivity index (χ1) is 12.1. The lowest BCUT2D eigenvalue weighted by Crippen LogP contribution is -2.32. The van der Waals surface area contributed by atoms with Crippen molar-refractivity contribution < 1.29 is 4.79 Å². The summed E-state index contributed by atoms with van der Waals surface area (Å²) in [6.45, 7) is 2.87. The molecule has 1 aliphatic heterocycles. The van der Waals surface area contributed by atoms with Gasteiger partial charge >= 0.3 is 5.69 Å². The van der Waals surface area contributed by atoms with Gasteiger partial charge in [-0.05, 0) is 25.5 Å². The summed E-state index contributed by atoms with van der Waals surface area (Å²) in [5.74, 6) is -0.156. The molecule has 0 aromatic carbocycles. The van der Waals surface area contributed by atoms with Gasteiger partial charge in [0.05, 0.1) is 23.4 Å². The first-order valence-corrected chi connectivity index (χ1v) is 8.16. The highest BCUT2D eigenvalue weighted by molar-refractivity contribution is 5.92. The first kappa shape index (κ1) is 15.5. The molecule has 8 nitrogen and oxygen atoms in total. The van der Waals surface area contributed by atoms with Crippen LogP contribution in [0.5, 0.6) is 0 Å². The number of pyridine rings is 1. The minimum absolute atomic E-state index is 0.0894. The van der Waals surface area contributed by atoms with Gasteiger partial charge in [0.15, 0.2) is 5.65 Å². The number of imidazole rings is 1. The van der Waals surface area contributed by atoms with Crippen LogP contribution < -0.4 is 5.69 Å². The maximum atomic E-state index is 12.6. The largest absolute Gasteiger partial charge is 0.335 e. The molecule has 25 heavy (non-hydrogen) atoms. The van der Waals surface area contributed by atoms with E-state index in [0.717, 1.165) is 11.2 Å². The molecule has 0 spiro atoms. The Morgan fingerprint density at radius 2 is 2.08 bits per heavy atom. The molecule has 1 saturated heterocycles. The first-order valence-electron chi connectivity index (χ1n) is 8.16. The normalized spacial score (nSPS) is 17.4. The maximum Gasteiger partial charge on any atom is 0.330 e. The van der Waals surface area contributed by atoms with Crippen LogP contribution in [0, 0.1) is 6.92 Å². The number of rotatable bonds is 2. The average molecular weight is 338 g/mol. The van der Waals surface area contributed by atoms with E-state index in [-0.39, 0.29) is 17.6 Å².